The molecule has 0 unspecified atom stereocenters. The Morgan fingerprint density at radius 1 is 0.882 bits per heavy atom. The Balaban J connectivity index is 1.73. The van der Waals surface area contributed by atoms with Crippen LogP contribution in [0.5, 0.6) is 0 Å². The van der Waals surface area contributed by atoms with E-state index in [2.05, 4.69) is 25.7 Å². The molecular weight excluding hydrogens is 210 g/mol. The van der Waals surface area contributed by atoms with E-state index in [1.807, 2.05) is 0 Å². The first kappa shape index (κ1) is 13.4. The summed E-state index contributed by atoms with van der Waals surface area (Å²) in [6.45, 7) is 9.20. The van der Waals surface area contributed by atoms with E-state index in [1.165, 1.54) is 58.0 Å². The van der Waals surface area contributed by atoms with Crippen molar-refractivity contribution in [2.45, 2.75) is 83.5 Å². The third-order valence-electron chi connectivity index (χ3n) is 4.07. The second-order valence-corrected chi connectivity index (χ2v) is 6.76. The van der Waals surface area contributed by atoms with Crippen molar-refractivity contribution in [3.63, 3.8) is 0 Å². The summed E-state index contributed by atoms with van der Waals surface area (Å²) < 4.78 is 6.10. The molecule has 2 rings (SSSR count). The van der Waals surface area contributed by atoms with Crippen LogP contribution in [0, 0.1) is 0 Å². The molecule has 1 saturated heterocycles. The van der Waals surface area contributed by atoms with Gasteiger partial charge in [0.25, 0.3) is 0 Å². The molecule has 2 heteroatoms. The zero-order valence-corrected chi connectivity index (χ0v) is 11.9. The molecule has 1 aliphatic carbocycles. The number of piperidine rings is 1. The summed E-state index contributed by atoms with van der Waals surface area (Å²) in [6.07, 6.45) is 10.0. The maximum Gasteiger partial charge on any atom is 0.0602 e. The molecule has 17 heavy (non-hydrogen) atoms. The molecule has 1 heterocycles. The summed E-state index contributed by atoms with van der Waals surface area (Å²) in [6, 6.07) is 0.857. The van der Waals surface area contributed by atoms with Gasteiger partial charge >= 0.3 is 0 Å². The van der Waals surface area contributed by atoms with Crippen LogP contribution in [-0.4, -0.2) is 35.7 Å². The molecule has 0 spiro atoms. The Labute approximate surface area is 107 Å². The Morgan fingerprint density at radius 2 is 1.47 bits per heavy atom. The fraction of sp³-hybridized carbons (Fsp3) is 1.00. The van der Waals surface area contributed by atoms with Gasteiger partial charge in [-0.1, -0.05) is 6.42 Å². The van der Waals surface area contributed by atoms with Gasteiger partial charge in [-0.15, -0.1) is 0 Å². The van der Waals surface area contributed by atoms with Crippen LogP contribution in [0.25, 0.3) is 0 Å². The van der Waals surface area contributed by atoms with E-state index in [4.69, 9.17) is 4.74 Å². The molecule has 0 aromatic rings. The number of hydrogen-bond donors (Lipinski definition) is 0. The van der Waals surface area contributed by atoms with Crippen molar-refractivity contribution in [3.8, 4) is 0 Å². The molecular formula is C15H29NO. The second-order valence-electron chi connectivity index (χ2n) is 6.76. The molecule has 2 fully saturated rings. The first-order valence-corrected chi connectivity index (χ1v) is 7.46. The summed E-state index contributed by atoms with van der Waals surface area (Å²) >= 11 is 0. The number of likely N-dealkylation sites (tertiary alicyclic amines) is 1. The zero-order valence-electron chi connectivity index (χ0n) is 11.9. The van der Waals surface area contributed by atoms with Crippen LogP contribution < -0.4 is 0 Å². The lowest BCUT2D eigenvalue weighted by Gasteiger charge is -2.40. The van der Waals surface area contributed by atoms with Gasteiger partial charge in [-0.2, -0.15) is 0 Å². The molecule has 1 aliphatic heterocycles. The Morgan fingerprint density at radius 3 is 2.00 bits per heavy atom. The molecule has 0 atom stereocenters. The molecule has 0 radical (unpaired) electrons. The Kier molecular flexibility index (Phi) is 4.48. The molecule has 0 aromatic heterocycles. The van der Waals surface area contributed by atoms with Gasteiger partial charge in [0.1, 0.15) is 0 Å². The van der Waals surface area contributed by atoms with E-state index in [0.717, 1.165) is 6.04 Å². The van der Waals surface area contributed by atoms with Crippen molar-refractivity contribution < 1.29 is 4.74 Å². The van der Waals surface area contributed by atoms with Gasteiger partial charge in [0.15, 0.2) is 0 Å². The first-order chi connectivity index (χ1) is 8.04. The third kappa shape index (κ3) is 4.26. The third-order valence-corrected chi connectivity index (χ3v) is 4.07. The number of hydrogen-bond acceptors (Lipinski definition) is 2. The van der Waals surface area contributed by atoms with Crippen molar-refractivity contribution in [1.82, 2.24) is 4.90 Å². The van der Waals surface area contributed by atoms with Crippen LogP contribution >= 0.6 is 0 Å². The van der Waals surface area contributed by atoms with Crippen LogP contribution in [0.4, 0.5) is 0 Å². The Bertz CT molecular complexity index is 220. The highest BCUT2D eigenvalue weighted by Crippen LogP contribution is 2.29. The predicted octanol–water partition coefficient (Wildman–Crippen LogP) is 3.60. The van der Waals surface area contributed by atoms with Gasteiger partial charge in [0.2, 0.25) is 0 Å². The molecule has 100 valence electrons. The van der Waals surface area contributed by atoms with E-state index in [9.17, 15) is 0 Å². The molecule has 0 bridgehead atoms. The van der Waals surface area contributed by atoms with E-state index < -0.39 is 0 Å². The molecule has 1 saturated carbocycles. The molecule has 0 aromatic carbocycles. The van der Waals surface area contributed by atoms with Crippen LogP contribution in [0.3, 0.4) is 0 Å². The van der Waals surface area contributed by atoms with Crippen molar-refractivity contribution in [1.29, 1.82) is 0 Å². The van der Waals surface area contributed by atoms with Crippen molar-refractivity contribution >= 4 is 0 Å². The summed E-state index contributed by atoms with van der Waals surface area (Å²) in [4.78, 5) is 2.73. The minimum Gasteiger partial charge on any atom is -0.373 e. The minimum absolute atomic E-state index is 0.0304. The molecule has 2 nitrogen and oxygen atoms in total. The van der Waals surface area contributed by atoms with Crippen molar-refractivity contribution in [2.24, 2.45) is 0 Å². The normalized spacial score (nSPS) is 32.6. The average Bonchev–Trinajstić information content (AvgIpc) is 2.29. The highest BCUT2D eigenvalue weighted by molar-refractivity contribution is 4.82. The number of ether oxygens (including phenoxy) is 1. The Hall–Kier alpha value is -0.0800. The van der Waals surface area contributed by atoms with Gasteiger partial charge in [-0.3, -0.25) is 0 Å². The monoisotopic (exact) mass is 239 g/mol. The number of rotatable bonds is 2. The first-order valence-electron chi connectivity index (χ1n) is 7.46. The van der Waals surface area contributed by atoms with Crippen molar-refractivity contribution in [2.75, 3.05) is 13.1 Å². The maximum absolute atomic E-state index is 6.10. The highest BCUT2D eigenvalue weighted by atomic mass is 16.5. The van der Waals surface area contributed by atoms with Gasteiger partial charge in [0.05, 0.1) is 11.7 Å². The zero-order chi connectivity index (χ0) is 12.3. The smallest absolute Gasteiger partial charge is 0.0602 e. The van der Waals surface area contributed by atoms with E-state index >= 15 is 0 Å². The lowest BCUT2D eigenvalue weighted by Crippen LogP contribution is -2.43. The molecule has 2 aliphatic rings. The SMILES string of the molecule is CC(C)(C)OC1CCC(N2CCCCC2)CC1. The van der Waals surface area contributed by atoms with Gasteiger partial charge < -0.3 is 9.64 Å². The van der Waals surface area contributed by atoms with E-state index in [-0.39, 0.29) is 5.60 Å². The standard InChI is InChI=1S/C15H29NO/c1-15(2,3)17-14-9-7-13(8-10-14)16-11-5-4-6-12-16/h13-14H,4-12H2,1-3H3. The summed E-state index contributed by atoms with van der Waals surface area (Å²) in [5.74, 6) is 0. The predicted molar refractivity (Wildman–Crippen MR) is 72.3 cm³/mol. The lowest BCUT2D eigenvalue weighted by atomic mass is 9.90. The van der Waals surface area contributed by atoms with Gasteiger partial charge in [-0.05, 0) is 72.4 Å². The topological polar surface area (TPSA) is 12.5 Å². The van der Waals surface area contributed by atoms with Gasteiger partial charge in [0, 0.05) is 6.04 Å². The quantitative estimate of drug-likeness (QED) is 0.730. The van der Waals surface area contributed by atoms with Crippen molar-refractivity contribution in [3.05, 3.63) is 0 Å². The maximum atomic E-state index is 6.10. The van der Waals surface area contributed by atoms with Crippen LogP contribution in [0.1, 0.15) is 65.7 Å². The second kappa shape index (κ2) is 5.71. The fourth-order valence-electron chi connectivity index (χ4n) is 3.31. The largest absolute Gasteiger partial charge is 0.373 e. The fourth-order valence-corrected chi connectivity index (χ4v) is 3.31. The minimum atomic E-state index is 0.0304. The average molecular weight is 239 g/mol. The summed E-state index contributed by atoms with van der Waals surface area (Å²) in [5, 5.41) is 0. The van der Waals surface area contributed by atoms with Gasteiger partial charge in [-0.25, -0.2) is 0 Å². The van der Waals surface area contributed by atoms with Crippen LogP contribution in [0.2, 0.25) is 0 Å². The van der Waals surface area contributed by atoms with E-state index in [1.54, 1.807) is 0 Å². The molecule has 0 amide bonds. The molecule has 0 N–H and O–H groups in total. The van der Waals surface area contributed by atoms with Crippen LogP contribution in [0.15, 0.2) is 0 Å². The summed E-state index contributed by atoms with van der Waals surface area (Å²) in [5.41, 5.74) is 0.0304. The van der Waals surface area contributed by atoms with E-state index in [0.29, 0.717) is 6.10 Å². The summed E-state index contributed by atoms with van der Waals surface area (Å²) in [7, 11) is 0. The van der Waals surface area contributed by atoms with Crippen LogP contribution in [-0.2, 0) is 4.74 Å². The highest BCUT2D eigenvalue weighted by Gasteiger charge is 2.28. The lowest BCUT2D eigenvalue weighted by molar-refractivity contribution is -0.0818. The number of nitrogens with zero attached hydrogens (tertiary/aromatic N) is 1.